The molecule has 1 N–H and O–H groups in total. The number of hydrogen-bond acceptors (Lipinski definition) is 6. The van der Waals surface area contributed by atoms with Gasteiger partial charge in [-0.1, -0.05) is 161 Å². The van der Waals surface area contributed by atoms with Crippen molar-refractivity contribution in [3.63, 3.8) is 0 Å². The number of carbonyl (C=O) groups is 1. The molecule has 6 nitrogen and oxygen atoms in total. The highest BCUT2D eigenvalue weighted by molar-refractivity contribution is 9.10. The lowest BCUT2D eigenvalue weighted by Crippen LogP contribution is -2.23. The minimum Gasteiger partial charge on any atom is -0.463 e. The minimum atomic E-state index is -3.67. The van der Waals surface area contributed by atoms with Gasteiger partial charge in [-0.2, -0.15) is 0 Å². The van der Waals surface area contributed by atoms with Crippen LogP contribution in [-0.4, -0.2) is 28.4 Å². The van der Waals surface area contributed by atoms with Crippen molar-refractivity contribution in [3.8, 4) is 0 Å². The Morgan fingerprint density at radius 1 is 0.738 bits per heavy atom. The van der Waals surface area contributed by atoms with E-state index in [4.69, 9.17) is 13.8 Å². The van der Waals surface area contributed by atoms with Crippen molar-refractivity contribution in [2.75, 3.05) is 6.61 Å². The van der Waals surface area contributed by atoms with Gasteiger partial charge in [0.2, 0.25) is 0 Å². The molecule has 2 aromatic carbocycles. The number of hydrogen-bond donors (Lipinski definition) is 1. The lowest BCUT2D eigenvalue weighted by atomic mass is 10.0. The van der Waals surface area contributed by atoms with E-state index in [1.165, 1.54) is 64.2 Å². The Hall–Kier alpha value is -1.50. The third-order valence-electron chi connectivity index (χ3n) is 7.24. The summed E-state index contributed by atoms with van der Waals surface area (Å²) in [6.45, 7) is 2.32. The molecule has 0 aliphatic rings. The first-order valence-corrected chi connectivity index (χ1v) is 18.4. The van der Waals surface area contributed by atoms with Gasteiger partial charge in [0.25, 0.3) is 0 Å². The molecule has 2 rings (SSSR count). The van der Waals surface area contributed by atoms with Gasteiger partial charge in [0.15, 0.2) is 0 Å². The number of benzene rings is 2. The van der Waals surface area contributed by atoms with Crippen molar-refractivity contribution < 1.29 is 28.3 Å². The van der Waals surface area contributed by atoms with Crippen LogP contribution >= 0.6 is 23.5 Å². The number of ether oxygens (including phenoxy) is 1. The molecular formula is C34H52BrO6P. The molecule has 0 heterocycles. The largest absolute Gasteiger partial charge is 0.463 e. The van der Waals surface area contributed by atoms with Crippen molar-refractivity contribution >= 4 is 29.5 Å². The number of rotatable bonds is 25. The zero-order valence-corrected chi connectivity index (χ0v) is 28.0. The molecule has 0 saturated heterocycles. The van der Waals surface area contributed by atoms with Crippen LogP contribution in [0.2, 0.25) is 0 Å². The Balaban J connectivity index is 1.63. The van der Waals surface area contributed by atoms with E-state index in [1.54, 1.807) is 0 Å². The van der Waals surface area contributed by atoms with Crippen LogP contribution < -0.4 is 0 Å². The molecule has 0 radical (unpaired) electrons. The predicted octanol–water partition coefficient (Wildman–Crippen LogP) is 10.1. The first kappa shape index (κ1) is 36.7. The molecule has 0 spiro atoms. The molecule has 0 aromatic heterocycles. The van der Waals surface area contributed by atoms with Crippen molar-refractivity contribution in [2.24, 2.45) is 0 Å². The summed E-state index contributed by atoms with van der Waals surface area (Å²) in [7, 11) is -3.67. The second kappa shape index (κ2) is 23.0. The Bertz CT molecular complexity index is 943. The number of unbranched alkanes of at least 4 members (excludes halogenated alkanes) is 12. The molecule has 42 heavy (non-hydrogen) atoms. The van der Waals surface area contributed by atoms with Gasteiger partial charge in [-0.25, -0.2) is 0 Å². The molecule has 2 aromatic rings. The summed E-state index contributed by atoms with van der Waals surface area (Å²) < 4.78 is 30.0. The van der Waals surface area contributed by atoms with E-state index in [-0.39, 0.29) is 32.2 Å². The number of aliphatic hydroxyl groups is 1. The summed E-state index contributed by atoms with van der Waals surface area (Å²) in [6, 6.07) is 18.9. The van der Waals surface area contributed by atoms with Gasteiger partial charge < -0.3 is 18.9 Å². The zero-order chi connectivity index (χ0) is 30.3. The topological polar surface area (TPSA) is 82.1 Å². The standard InChI is InChI=1S/C34H52BrO6P/c1-2-3-4-5-6-7-8-9-10-11-12-13-20-25-34(37)39-29-32(36)26-33(35)42(38,40-27-30-21-16-14-17-22-30)41-28-31-23-18-15-19-24-31/h14-19,21-24,32-33,36H,2-13,20,25-29H2,1H3/t32-,33-/m0/s1. The molecule has 0 bridgehead atoms. The first-order valence-electron chi connectivity index (χ1n) is 15.9. The number of alkyl halides is 1. The smallest absolute Gasteiger partial charge is 0.344 e. The van der Waals surface area contributed by atoms with Gasteiger partial charge in [-0.15, -0.1) is 0 Å². The second-order valence-electron chi connectivity index (χ2n) is 11.1. The van der Waals surface area contributed by atoms with E-state index in [2.05, 4.69) is 22.9 Å². The Kier molecular flexibility index (Phi) is 20.1. The van der Waals surface area contributed by atoms with Crippen LogP contribution in [0.15, 0.2) is 60.7 Å². The fourth-order valence-electron chi connectivity index (χ4n) is 4.65. The molecule has 236 valence electrons. The molecule has 0 aliphatic heterocycles. The van der Waals surface area contributed by atoms with Gasteiger partial charge in [0.1, 0.15) is 11.2 Å². The molecule has 8 heteroatoms. The number of halogens is 1. The SMILES string of the molecule is CCCCCCCCCCCCCCCC(=O)OC[C@@H](O)C[C@@H](Br)P(=O)(OCc1ccccc1)OCc1ccccc1. The summed E-state index contributed by atoms with van der Waals surface area (Å²) in [6.07, 6.45) is 15.6. The van der Waals surface area contributed by atoms with Crippen LogP contribution in [0, 0.1) is 0 Å². The summed E-state index contributed by atoms with van der Waals surface area (Å²) in [4.78, 5) is 12.2. The quantitative estimate of drug-likeness (QED) is 0.0491. The third-order valence-corrected chi connectivity index (χ3v) is 11.0. The van der Waals surface area contributed by atoms with Gasteiger partial charge >= 0.3 is 13.6 Å². The predicted molar refractivity (Wildman–Crippen MR) is 175 cm³/mol. The average molecular weight is 668 g/mol. The van der Waals surface area contributed by atoms with E-state index >= 15 is 0 Å². The number of aliphatic hydroxyl groups excluding tert-OH is 1. The third kappa shape index (κ3) is 17.0. The van der Waals surface area contributed by atoms with Crippen LogP contribution in [0.1, 0.15) is 114 Å². The number of carbonyl (C=O) groups excluding carboxylic acids is 1. The minimum absolute atomic E-state index is 0.0485. The van der Waals surface area contributed by atoms with Crippen LogP contribution in [0.3, 0.4) is 0 Å². The highest BCUT2D eigenvalue weighted by Crippen LogP contribution is 2.58. The first-order chi connectivity index (χ1) is 20.4. The molecule has 0 saturated carbocycles. The van der Waals surface area contributed by atoms with Crippen molar-refractivity contribution in [2.45, 2.75) is 127 Å². The summed E-state index contributed by atoms with van der Waals surface area (Å²) in [5.74, 6) is -0.313. The molecule has 0 aliphatic carbocycles. The average Bonchev–Trinajstić information content (AvgIpc) is 3.01. The summed E-state index contributed by atoms with van der Waals surface area (Å²) in [5, 5.41) is 10.5. The van der Waals surface area contributed by atoms with Gasteiger partial charge in [-0.3, -0.25) is 9.36 Å². The van der Waals surface area contributed by atoms with E-state index in [0.717, 1.165) is 30.4 Å². The maximum absolute atomic E-state index is 13.8. The molecular weight excluding hydrogens is 615 g/mol. The van der Waals surface area contributed by atoms with Crippen LogP contribution in [0.5, 0.6) is 0 Å². The fraction of sp³-hybridized carbons (Fsp3) is 0.618. The monoisotopic (exact) mass is 666 g/mol. The molecule has 0 fully saturated rings. The summed E-state index contributed by atoms with van der Waals surface area (Å²) >= 11 is 3.44. The Labute approximate surface area is 262 Å². The Morgan fingerprint density at radius 3 is 1.62 bits per heavy atom. The van der Waals surface area contributed by atoms with Gasteiger partial charge in [0, 0.05) is 12.8 Å². The maximum atomic E-state index is 13.8. The highest BCUT2D eigenvalue weighted by Gasteiger charge is 2.36. The molecule has 0 unspecified atom stereocenters. The lowest BCUT2D eigenvalue weighted by molar-refractivity contribution is -0.146. The number of esters is 1. The van der Waals surface area contributed by atoms with E-state index in [9.17, 15) is 14.5 Å². The van der Waals surface area contributed by atoms with Crippen LogP contribution in [0.4, 0.5) is 0 Å². The van der Waals surface area contributed by atoms with E-state index in [0.29, 0.717) is 6.42 Å². The maximum Gasteiger partial charge on any atom is 0.344 e. The normalized spacial score (nSPS) is 13.1. The highest BCUT2D eigenvalue weighted by atomic mass is 79.9. The van der Waals surface area contributed by atoms with Gasteiger partial charge in [0.05, 0.1) is 19.3 Å². The van der Waals surface area contributed by atoms with Crippen LogP contribution in [-0.2, 0) is 36.4 Å². The second-order valence-corrected chi connectivity index (χ2v) is 15.1. The Morgan fingerprint density at radius 2 is 1.17 bits per heavy atom. The van der Waals surface area contributed by atoms with E-state index in [1.807, 2.05) is 60.7 Å². The summed E-state index contributed by atoms with van der Waals surface area (Å²) in [5.41, 5.74) is 1.73. The lowest BCUT2D eigenvalue weighted by Gasteiger charge is -2.25. The zero-order valence-electron chi connectivity index (χ0n) is 25.5. The van der Waals surface area contributed by atoms with Crippen molar-refractivity contribution in [1.82, 2.24) is 0 Å². The van der Waals surface area contributed by atoms with Crippen molar-refractivity contribution in [3.05, 3.63) is 71.8 Å². The van der Waals surface area contributed by atoms with Crippen molar-refractivity contribution in [1.29, 1.82) is 0 Å². The van der Waals surface area contributed by atoms with Crippen LogP contribution in [0.25, 0.3) is 0 Å². The fourth-order valence-corrected chi connectivity index (χ4v) is 7.34. The van der Waals surface area contributed by atoms with E-state index < -0.39 is 18.3 Å². The van der Waals surface area contributed by atoms with Gasteiger partial charge in [-0.05, 0) is 17.5 Å². The molecule has 2 atom stereocenters. The molecule has 0 amide bonds.